The zero-order chi connectivity index (χ0) is 17.0. The molecule has 0 bridgehead atoms. The third-order valence-corrected chi connectivity index (χ3v) is 3.78. The number of hydrogen-bond acceptors (Lipinski definition) is 6. The molecule has 124 valence electrons. The van der Waals surface area contributed by atoms with Crippen LogP contribution in [0.4, 0.5) is 22.7 Å². The summed E-state index contributed by atoms with van der Waals surface area (Å²) in [6, 6.07) is 9.48. The van der Waals surface area contributed by atoms with Crippen LogP contribution in [0.5, 0.6) is 0 Å². The van der Waals surface area contributed by atoms with E-state index < -0.39 is 6.10 Å². The Balaban J connectivity index is 2.61. The molecule has 1 atom stereocenters. The molecule has 6 nitrogen and oxygen atoms in total. The molecule has 0 heterocycles. The number of anilines is 4. The number of nitrogen functional groups attached to an aromatic ring is 2. The molecule has 0 fully saturated rings. The molecule has 0 radical (unpaired) electrons. The van der Waals surface area contributed by atoms with Gasteiger partial charge in [0.2, 0.25) is 0 Å². The van der Waals surface area contributed by atoms with Crippen LogP contribution in [0.1, 0.15) is 5.56 Å². The van der Waals surface area contributed by atoms with E-state index in [1.54, 1.807) is 6.07 Å². The molecule has 0 aliphatic carbocycles. The number of rotatable bonds is 6. The minimum atomic E-state index is -0.865. The number of aliphatic hydroxyl groups excluding tert-OH is 2. The second-order valence-corrected chi connectivity index (χ2v) is 5.48. The summed E-state index contributed by atoms with van der Waals surface area (Å²) in [5.74, 6) is 0. The molecule has 0 aliphatic heterocycles. The van der Waals surface area contributed by atoms with E-state index in [9.17, 15) is 5.11 Å². The van der Waals surface area contributed by atoms with Gasteiger partial charge in [-0.3, -0.25) is 0 Å². The van der Waals surface area contributed by atoms with Gasteiger partial charge in [0.15, 0.2) is 0 Å². The van der Waals surface area contributed by atoms with Crippen molar-refractivity contribution < 1.29 is 10.2 Å². The fourth-order valence-corrected chi connectivity index (χ4v) is 2.57. The quantitative estimate of drug-likeness (QED) is 0.450. The topological polar surface area (TPSA) is 117 Å². The van der Waals surface area contributed by atoms with Crippen LogP contribution in [0, 0.1) is 0 Å². The highest BCUT2D eigenvalue weighted by atomic mass is 16.3. The highest BCUT2D eigenvalue weighted by Crippen LogP contribution is 2.34. The lowest BCUT2D eigenvalue weighted by Crippen LogP contribution is -2.17. The van der Waals surface area contributed by atoms with E-state index in [-0.39, 0.29) is 13.0 Å². The molecular formula is C17H24N4O2. The van der Waals surface area contributed by atoms with Crippen molar-refractivity contribution in [2.24, 2.45) is 0 Å². The van der Waals surface area contributed by atoms with Crippen LogP contribution in [0.3, 0.4) is 0 Å². The Morgan fingerprint density at radius 3 is 2.13 bits per heavy atom. The summed E-state index contributed by atoms with van der Waals surface area (Å²) in [7, 11) is 3.70. The Morgan fingerprint density at radius 1 is 1.00 bits per heavy atom. The van der Waals surface area contributed by atoms with Crippen LogP contribution in [0.25, 0.3) is 11.1 Å². The highest BCUT2D eigenvalue weighted by Gasteiger charge is 2.15. The molecule has 0 aromatic heterocycles. The van der Waals surface area contributed by atoms with Gasteiger partial charge in [0, 0.05) is 43.3 Å². The summed E-state index contributed by atoms with van der Waals surface area (Å²) in [6.07, 6.45) is -0.604. The Bertz CT molecular complexity index is 666. The fraction of sp³-hybridized carbons (Fsp3) is 0.294. The lowest BCUT2D eigenvalue weighted by molar-refractivity contribution is 0.0957. The Labute approximate surface area is 136 Å². The smallest absolute Gasteiger partial charge is 0.0812 e. The van der Waals surface area contributed by atoms with E-state index >= 15 is 0 Å². The molecule has 8 N–H and O–H groups in total. The standard InChI is InChI=1S/C17H24N4O2/c1-20-12-3-10(4-13(7-12)21-2)15-5-11(18)6-17(19)16(15)8-14(23)9-22/h3-7,14,20-23H,8-9,18-19H2,1-2H3. The lowest BCUT2D eigenvalue weighted by Gasteiger charge is -2.18. The van der Waals surface area contributed by atoms with Crippen LogP contribution in [0.15, 0.2) is 30.3 Å². The average molecular weight is 316 g/mol. The van der Waals surface area contributed by atoms with Gasteiger partial charge in [0.25, 0.3) is 0 Å². The van der Waals surface area contributed by atoms with Crippen LogP contribution < -0.4 is 22.1 Å². The molecule has 1 unspecified atom stereocenters. The van der Waals surface area contributed by atoms with E-state index in [1.165, 1.54) is 0 Å². The van der Waals surface area contributed by atoms with E-state index in [0.29, 0.717) is 11.4 Å². The summed E-state index contributed by atoms with van der Waals surface area (Å²) < 4.78 is 0. The third kappa shape index (κ3) is 3.85. The SMILES string of the molecule is CNc1cc(NC)cc(-c2cc(N)cc(N)c2CC(O)CO)c1. The molecular weight excluding hydrogens is 292 g/mol. The molecule has 2 aromatic rings. The second-order valence-electron chi connectivity index (χ2n) is 5.48. The van der Waals surface area contributed by atoms with E-state index in [1.807, 2.05) is 38.4 Å². The van der Waals surface area contributed by atoms with Gasteiger partial charge in [-0.05, 0) is 47.0 Å². The molecule has 0 spiro atoms. The lowest BCUT2D eigenvalue weighted by atomic mass is 9.93. The number of hydrogen-bond donors (Lipinski definition) is 6. The van der Waals surface area contributed by atoms with E-state index in [4.69, 9.17) is 16.6 Å². The molecule has 2 aromatic carbocycles. The minimum absolute atomic E-state index is 0.261. The maximum atomic E-state index is 9.82. The largest absolute Gasteiger partial charge is 0.399 e. The van der Waals surface area contributed by atoms with Crippen LogP contribution >= 0.6 is 0 Å². The van der Waals surface area contributed by atoms with E-state index in [0.717, 1.165) is 28.1 Å². The maximum absolute atomic E-state index is 9.82. The summed E-state index contributed by atoms with van der Waals surface area (Å²) in [5.41, 5.74) is 17.6. The van der Waals surface area contributed by atoms with Crippen LogP contribution in [0.2, 0.25) is 0 Å². The molecule has 0 saturated carbocycles. The Morgan fingerprint density at radius 2 is 1.61 bits per heavy atom. The van der Waals surface area contributed by atoms with Crippen molar-refractivity contribution in [3.05, 3.63) is 35.9 Å². The zero-order valence-electron chi connectivity index (χ0n) is 13.4. The molecule has 6 heteroatoms. The Kier molecular flexibility index (Phi) is 5.31. The van der Waals surface area contributed by atoms with Crippen molar-refractivity contribution in [2.45, 2.75) is 12.5 Å². The first-order valence-corrected chi connectivity index (χ1v) is 7.46. The van der Waals surface area contributed by atoms with Gasteiger partial charge in [-0.25, -0.2) is 0 Å². The summed E-state index contributed by atoms with van der Waals surface area (Å²) >= 11 is 0. The first kappa shape index (κ1) is 16.9. The van der Waals surface area contributed by atoms with Gasteiger partial charge in [-0.15, -0.1) is 0 Å². The fourth-order valence-electron chi connectivity index (χ4n) is 2.57. The molecule has 2 rings (SSSR count). The van der Waals surface area contributed by atoms with Crippen LogP contribution in [-0.2, 0) is 6.42 Å². The first-order valence-electron chi connectivity index (χ1n) is 7.46. The molecule has 0 amide bonds. The monoisotopic (exact) mass is 316 g/mol. The van der Waals surface area contributed by atoms with E-state index in [2.05, 4.69) is 10.6 Å². The summed E-state index contributed by atoms with van der Waals surface area (Å²) in [4.78, 5) is 0. The van der Waals surface area contributed by atoms with Gasteiger partial charge < -0.3 is 32.3 Å². The predicted octanol–water partition coefficient (Wildman–Crippen LogP) is 1.50. The molecule has 0 aliphatic rings. The van der Waals surface area contributed by atoms with Gasteiger partial charge in [-0.1, -0.05) is 0 Å². The minimum Gasteiger partial charge on any atom is -0.399 e. The van der Waals surface area contributed by atoms with Crippen molar-refractivity contribution in [2.75, 3.05) is 42.8 Å². The van der Waals surface area contributed by atoms with Gasteiger partial charge in [0.05, 0.1) is 12.7 Å². The number of aliphatic hydroxyl groups is 2. The van der Waals surface area contributed by atoms with Crippen LogP contribution in [-0.4, -0.2) is 37.0 Å². The molecule has 23 heavy (non-hydrogen) atoms. The highest BCUT2D eigenvalue weighted by molar-refractivity contribution is 5.81. The molecule has 0 saturated heterocycles. The van der Waals surface area contributed by atoms with Crippen molar-refractivity contribution >= 4 is 22.7 Å². The maximum Gasteiger partial charge on any atom is 0.0812 e. The van der Waals surface area contributed by atoms with Crippen molar-refractivity contribution in [3.8, 4) is 11.1 Å². The Hall–Kier alpha value is -2.44. The zero-order valence-corrected chi connectivity index (χ0v) is 13.4. The number of nitrogens with one attached hydrogen (secondary N) is 2. The van der Waals surface area contributed by atoms with Gasteiger partial charge >= 0.3 is 0 Å². The first-order chi connectivity index (χ1) is 11.0. The third-order valence-electron chi connectivity index (χ3n) is 3.78. The summed E-state index contributed by atoms with van der Waals surface area (Å²) in [5, 5.41) is 25.2. The normalized spacial score (nSPS) is 12.0. The summed E-state index contributed by atoms with van der Waals surface area (Å²) in [6.45, 7) is -0.318. The number of nitrogens with two attached hydrogens (primary N) is 2. The number of benzene rings is 2. The van der Waals surface area contributed by atoms with Crippen molar-refractivity contribution in [3.63, 3.8) is 0 Å². The predicted molar refractivity (Wildman–Crippen MR) is 96.6 cm³/mol. The van der Waals surface area contributed by atoms with Gasteiger partial charge in [0.1, 0.15) is 0 Å². The van der Waals surface area contributed by atoms with Crippen molar-refractivity contribution in [1.82, 2.24) is 0 Å². The van der Waals surface area contributed by atoms with Crippen molar-refractivity contribution in [1.29, 1.82) is 0 Å². The second kappa shape index (κ2) is 7.21. The average Bonchev–Trinajstić information content (AvgIpc) is 2.56. The van der Waals surface area contributed by atoms with Gasteiger partial charge in [-0.2, -0.15) is 0 Å².